The second-order valence-corrected chi connectivity index (χ2v) is 5.30. The van der Waals surface area contributed by atoms with Crippen molar-refractivity contribution in [3.8, 4) is 6.01 Å². The van der Waals surface area contributed by atoms with Crippen LogP contribution in [0.1, 0.15) is 18.7 Å². The van der Waals surface area contributed by atoms with E-state index in [-0.39, 0.29) is 24.7 Å². The summed E-state index contributed by atoms with van der Waals surface area (Å²) in [7, 11) is 0. The Kier molecular flexibility index (Phi) is 5.75. The molecule has 1 aliphatic rings. The van der Waals surface area contributed by atoms with E-state index in [9.17, 15) is 20.1 Å². The van der Waals surface area contributed by atoms with Crippen LogP contribution in [0, 0.1) is 6.92 Å². The Morgan fingerprint density at radius 2 is 2.12 bits per heavy atom. The molecule has 0 aliphatic carbocycles. The van der Waals surface area contributed by atoms with Crippen molar-refractivity contribution in [1.29, 1.82) is 0 Å². The number of aliphatic hydroxyl groups excluding tert-OH is 3. The maximum atomic E-state index is 11.7. The van der Waals surface area contributed by atoms with Crippen LogP contribution in [-0.2, 0) is 4.74 Å². The molecule has 2 heterocycles. The SMILES string of the molecule is CCOc1nc(=O)c(C)cn1[C@@H]1O[C@H](CN=[N+]=[N-])[C@@H](O)[C@H](O)[C@H]1O. The molecule has 1 aliphatic heterocycles. The highest BCUT2D eigenvalue weighted by atomic mass is 16.6. The highest BCUT2D eigenvalue weighted by Gasteiger charge is 2.44. The number of azide groups is 1. The molecule has 0 aromatic carbocycles. The fourth-order valence-corrected chi connectivity index (χ4v) is 2.40. The van der Waals surface area contributed by atoms with Gasteiger partial charge in [-0.3, -0.25) is 9.36 Å². The van der Waals surface area contributed by atoms with Crippen LogP contribution in [0.4, 0.5) is 0 Å². The molecule has 5 atom stereocenters. The molecule has 1 fully saturated rings. The van der Waals surface area contributed by atoms with E-state index in [0.29, 0.717) is 0 Å². The molecule has 2 rings (SSSR count). The lowest BCUT2D eigenvalue weighted by Crippen LogP contribution is -2.56. The Morgan fingerprint density at radius 1 is 1.42 bits per heavy atom. The molecule has 0 saturated carbocycles. The summed E-state index contributed by atoms with van der Waals surface area (Å²) in [6.45, 7) is 3.19. The third-order valence-electron chi connectivity index (χ3n) is 3.65. The van der Waals surface area contributed by atoms with Crippen LogP contribution in [0.15, 0.2) is 16.1 Å². The molecule has 0 amide bonds. The zero-order valence-electron chi connectivity index (χ0n) is 13.2. The molecule has 1 aromatic heterocycles. The lowest BCUT2D eigenvalue weighted by molar-refractivity contribution is -0.243. The molecule has 11 heteroatoms. The van der Waals surface area contributed by atoms with E-state index in [1.165, 1.54) is 17.7 Å². The normalized spacial score (nSPS) is 29.8. The predicted molar refractivity (Wildman–Crippen MR) is 80.3 cm³/mol. The lowest BCUT2D eigenvalue weighted by Gasteiger charge is -2.41. The van der Waals surface area contributed by atoms with Gasteiger partial charge >= 0.3 is 6.01 Å². The summed E-state index contributed by atoms with van der Waals surface area (Å²) in [5, 5.41) is 33.5. The van der Waals surface area contributed by atoms with Gasteiger partial charge in [-0.2, -0.15) is 4.98 Å². The number of hydrogen-bond donors (Lipinski definition) is 3. The molecule has 132 valence electrons. The van der Waals surface area contributed by atoms with Crippen LogP contribution < -0.4 is 10.3 Å². The van der Waals surface area contributed by atoms with E-state index in [1.54, 1.807) is 6.92 Å². The average molecular weight is 341 g/mol. The molecule has 3 N–H and O–H groups in total. The van der Waals surface area contributed by atoms with Gasteiger partial charge in [-0.25, -0.2) is 0 Å². The molecule has 0 radical (unpaired) electrons. The Bertz CT molecular complexity index is 688. The van der Waals surface area contributed by atoms with E-state index in [4.69, 9.17) is 15.0 Å². The van der Waals surface area contributed by atoms with Gasteiger partial charge in [0.05, 0.1) is 19.3 Å². The summed E-state index contributed by atoms with van der Waals surface area (Å²) in [6.07, 6.45) is -5.34. The number of aliphatic hydroxyl groups is 3. The van der Waals surface area contributed by atoms with E-state index in [2.05, 4.69) is 15.0 Å². The zero-order chi connectivity index (χ0) is 17.9. The van der Waals surface area contributed by atoms with Gasteiger partial charge in [-0.05, 0) is 19.4 Å². The minimum Gasteiger partial charge on any atom is -0.465 e. The number of nitrogens with zero attached hydrogens (tertiary/aromatic N) is 5. The minimum absolute atomic E-state index is 0.0942. The molecule has 0 bridgehead atoms. The summed E-state index contributed by atoms with van der Waals surface area (Å²) < 4.78 is 12.1. The minimum atomic E-state index is -1.54. The number of ether oxygens (including phenoxy) is 2. The summed E-state index contributed by atoms with van der Waals surface area (Å²) in [5.74, 6) is 0. The number of rotatable bonds is 5. The Labute approximate surface area is 136 Å². The van der Waals surface area contributed by atoms with Crippen LogP contribution in [0.5, 0.6) is 6.01 Å². The first-order chi connectivity index (χ1) is 11.4. The summed E-state index contributed by atoms with van der Waals surface area (Å²) >= 11 is 0. The number of aromatic nitrogens is 2. The monoisotopic (exact) mass is 341 g/mol. The summed E-state index contributed by atoms with van der Waals surface area (Å²) in [5.41, 5.74) is 8.19. The Balaban J connectivity index is 2.43. The van der Waals surface area contributed by atoms with Crippen LogP contribution in [-0.4, -0.2) is 62.4 Å². The van der Waals surface area contributed by atoms with E-state index >= 15 is 0 Å². The van der Waals surface area contributed by atoms with Gasteiger partial charge in [0.2, 0.25) is 0 Å². The standard InChI is InChI=1S/C13H19N5O6/c1-3-23-13-16-11(22)6(2)5-18(13)12-10(21)9(20)8(19)7(24-12)4-15-17-14/h5,7-10,12,19-21H,3-4H2,1-2H3/t7-,8-,9+,10-,12-/m1/s1. The fourth-order valence-electron chi connectivity index (χ4n) is 2.40. The molecule has 1 aromatic rings. The van der Waals surface area contributed by atoms with E-state index < -0.39 is 36.2 Å². The largest absolute Gasteiger partial charge is 0.465 e. The van der Waals surface area contributed by atoms with Crippen LogP contribution in [0.25, 0.3) is 10.4 Å². The molecule has 0 spiro atoms. The second-order valence-electron chi connectivity index (χ2n) is 5.30. The topological polar surface area (TPSA) is 163 Å². The Hall–Kier alpha value is -2.17. The van der Waals surface area contributed by atoms with Gasteiger partial charge in [0.15, 0.2) is 6.23 Å². The molecule has 1 saturated heterocycles. The third-order valence-corrected chi connectivity index (χ3v) is 3.65. The molecule has 0 unspecified atom stereocenters. The maximum Gasteiger partial charge on any atom is 0.301 e. The van der Waals surface area contributed by atoms with Gasteiger partial charge in [0.1, 0.15) is 18.3 Å². The first-order valence-electron chi connectivity index (χ1n) is 7.33. The Morgan fingerprint density at radius 3 is 2.75 bits per heavy atom. The van der Waals surface area contributed by atoms with Crippen LogP contribution >= 0.6 is 0 Å². The first-order valence-corrected chi connectivity index (χ1v) is 7.33. The van der Waals surface area contributed by atoms with Gasteiger partial charge in [0, 0.05) is 16.7 Å². The van der Waals surface area contributed by atoms with Crippen molar-refractivity contribution in [2.45, 2.75) is 44.5 Å². The first kappa shape index (κ1) is 18.2. The predicted octanol–water partition coefficient (Wildman–Crippen LogP) is -0.759. The highest BCUT2D eigenvalue weighted by molar-refractivity contribution is 5.11. The van der Waals surface area contributed by atoms with Crippen molar-refractivity contribution < 1.29 is 24.8 Å². The van der Waals surface area contributed by atoms with Crippen molar-refractivity contribution in [3.05, 3.63) is 32.6 Å². The van der Waals surface area contributed by atoms with Crippen molar-refractivity contribution in [1.82, 2.24) is 9.55 Å². The van der Waals surface area contributed by atoms with Gasteiger partial charge in [-0.15, -0.1) is 0 Å². The summed E-state index contributed by atoms with van der Waals surface area (Å²) in [6, 6.07) is -0.0942. The lowest BCUT2D eigenvalue weighted by atomic mass is 9.98. The van der Waals surface area contributed by atoms with Gasteiger partial charge in [-0.1, -0.05) is 5.11 Å². The van der Waals surface area contributed by atoms with Gasteiger partial charge in [0.25, 0.3) is 5.56 Å². The van der Waals surface area contributed by atoms with Crippen molar-refractivity contribution in [2.75, 3.05) is 13.2 Å². The number of aryl methyl sites for hydroxylation is 1. The van der Waals surface area contributed by atoms with Crippen LogP contribution in [0.3, 0.4) is 0 Å². The van der Waals surface area contributed by atoms with E-state index in [1.807, 2.05) is 0 Å². The zero-order valence-corrected chi connectivity index (χ0v) is 13.2. The second kappa shape index (κ2) is 7.60. The molecule has 24 heavy (non-hydrogen) atoms. The van der Waals surface area contributed by atoms with E-state index in [0.717, 1.165) is 0 Å². The third kappa shape index (κ3) is 3.50. The van der Waals surface area contributed by atoms with Crippen LogP contribution in [0.2, 0.25) is 0 Å². The molecular formula is C13H19N5O6. The average Bonchev–Trinajstić information content (AvgIpc) is 2.56. The van der Waals surface area contributed by atoms with Crippen molar-refractivity contribution in [3.63, 3.8) is 0 Å². The highest BCUT2D eigenvalue weighted by Crippen LogP contribution is 2.30. The molecule has 11 nitrogen and oxygen atoms in total. The number of hydrogen-bond acceptors (Lipinski definition) is 8. The van der Waals surface area contributed by atoms with Gasteiger partial charge < -0.3 is 24.8 Å². The van der Waals surface area contributed by atoms with Crippen molar-refractivity contribution >= 4 is 0 Å². The fraction of sp³-hybridized carbons (Fsp3) is 0.692. The smallest absolute Gasteiger partial charge is 0.301 e. The quantitative estimate of drug-likeness (QED) is 0.360. The van der Waals surface area contributed by atoms with Crippen molar-refractivity contribution in [2.24, 2.45) is 5.11 Å². The summed E-state index contributed by atoms with van der Waals surface area (Å²) in [4.78, 5) is 18.1. The maximum absolute atomic E-state index is 11.7. The molecular weight excluding hydrogens is 322 g/mol.